The first-order valence-electron chi connectivity index (χ1n) is 4.46. The van der Waals surface area contributed by atoms with Crippen molar-refractivity contribution in [2.75, 3.05) is 6.54 Å². The second-order valence-electron chi connectivity index (χ2n) is 3.01. The standard InChI is InChI=1S/C9H11Br2NO3/c10-7-4-6(15-9(7)11)5-12-3-1-2-8(13)14/h4,12H,1-3,5H2,(H,13,14). The molecule has 1 aromatic heterocycles. The second-order valence-corrected chi connectivity index (χ2v) is 4.58. The third-order valence-corrected chi connectivity index (χ3v) is 3.45. The van der Waals surface area contributed by atoms with E-state index in [9.17, 15) is 4.79 Å². The fourth-order valence-corrected chi connectivity index (χ4v) is 1.71. The number of carbonyl (C=O) groups is 1. The number of halogens is 2. The zero-order valence-corrected chi connectivity index (χ0v) is 11.1. The molecule has 1 aromatic rings. The molecule has 2 N–H and O–H groups in total. The van der Waals surface area contributed by atoms with Crippen molar-refractivity contribution in [3.05, 3.63) is 21.0 Å². The van der Waals surface area contributed by atoms with Gasteiger partial charge in [0.1, 0.15) is 5.76 Å². The molecule has 4 nitrogen and oxygen atoms in total. The van der Waals surface area contributed by atoms with Gasteiger partial charge in [0, 0.05) is 6.42 Å². The molecular formula is C9H11Br2NO3. The Morgan fingerprint density at radius 3 is 2.80 bits per heavy atom. The maximum Gasteiger partial charge on any atom is 0.303 e. The molecule has 0 radical (unpaired) electrons. The summed E-state index contributed by atoms with van der Waals surface area (Å²) in [7, 11) is 0. The predicted molar refractivity (Wildman–Crippen MR) is 62.7 cm³/mol. The van der Waals surface area contributed by atoms with E-state index in [0.717, 1.165) is 10.2 Å². The highest BCUT2D eigenvalue weighted by molar-refractivity contribution is 9.13. The average Bonchev–Trinajstić information content (AvgIpc) is 2.45. The lowest BCUT2D eigenvalue weighted by molar-refractivity contribution is -0.137. The Balaban J connectivity index is 2.18. The second kappa shape index (κ2) is 6.30. The van der Waals surface area contributed by atoms with Gasteiger partial charge in [-0.1, -0.05) is 0 Å². The summed E-state index contributed by atoms with van der Waals surface area (Å²) in [6, 6.07) is 1.87. The van der Waals surface area contributed by atoms with Gasteiger partial charge in [-0.25, -0.2) is 0 Å². The van der Waals surface area contributed by atoms with Crippen LogP contribution < -0.4 is 5.32 Å². The van der Waals surface area contributed by atoms with Gasteiger partial charge in [-0.3, -0.25) is 4.79 Å². The maximum atomic E-state index is 10.2. The summed E-state index contributed by atoms with van der Waals surface area (Å²) in [6.45, 7) is 1.27. The lowest BCUT2D eigenvalue weighted by Crippen LogP contribution is -2.15. The number of aliphatic carboxylic acids is 1. The molecule has 15 heavy (non-hydrogen) atoms. The Bertz CT molecular complexity index is 319. The minimum atomic E-state index is -0.764. The lowest BCUT2D eigenvalue weighted by atomic mass is 10.3. The van der Waals surface area contributed by atoms with E-state index in [4.69, 9.17) is 9.52 Å². The molecule has 6 heteroatoms. The van der Waals surface area contributed by atoms with Crippen LogP contribution in [0.4, 0.5) is 0 Å². The van der Waals surface area contributed by atoms with E-state index < -0.39 is 5.97 Å². The molecule has 0 amide bonds. The van der Waals surface area contributed by atoms with Gasteiger partial charge in [0.2, 0.25) is 0 Å². The van der Waals surface area contributed by atoms with Gasteiger partial charge in [-0.15, -0.1) is 0 Å². The number of carboxylic acid groups (broad SMARTS) is 1. The van der Waals surface area contributed by atoms with Crippen molar-refractivity contribution in [1.82, 2.24) is 5.32 Å². The molecule has 1 heterocycles. The largest absolute Gasteiger partial charge is 0.481 e. The van der Waals surface area contributed by atoms with Crippen molar-refractivity contribution < 1.29 is 14.3 Å². The van der Waals surface area contributed by atoms with Gasteiger partial charge in [-0.05, 0) is 50.9 Å². The molecule has 0 aromatic carbocycles. The smallest absolute Gasteiger partial charge is 0.303 e. The van der Waals surface area contributed by atoms with E-state index in [-0.39, 0.29) is 6.42 Å². The molecule has 0 spiro atoms. The molecule has 0 saturated heterocycles. The van der Waals surface area contributed by atoms with Crippen LogP contribution in [0.25, 0.3) is 0 Å². The number of hydrogen-bond donors (Lipinski definition) is 2. The topological polar surface area (TPSA) is 62.5 Å². The monoisotopic (exact) mass is 339 g/mol. The summed E-state index contributed by atoms with van der Waals surface area (Å²) in [4.78, 5) is 10.2. The summed E-state index contributed by atoms with van der Waals surface area (Å²) in [5, 5.41) is 11.5. The summed E-state index contributed by atoms with van der Waals surface area (Å²) >= 11 is 6.55. The van der Waals surface area contributed by atoms with Crippen LogP contribution in [0.1, 0.15) is 18.6 Å². The minimum Gasteiger partial charge on any atom is -0.481 e. The molecule has 0 bridgehead atoms. The lowest BCUT2D eigenvalue weighted by Gasteiger charge is -2.00. The Morgan fingerprint density at radius 2 is 2.27 bits per heavy atom. The molecule has 0 aliphatic heterocycles. The van der Waals surface area contributed by atoms with Crippen molar-refractivity contribution in [1.29, 1.82) is 0 Å². The Labute approximate surface area is 104 Å². The van der Waals surface area contributed by atoms with E-state index in [0.29, 0.717) is 24.2 Å². The third-order valence-electron chi connectivity index (χ3n) is 1.74. The van der Waals surface area contributed by atoms with Crippen LogP contribution in [0.5, 0.6) is 0 Å². The number of nitrogens with one attached hydrogen (secondary N) is 1. The highest BCUT2D eigenvalue weighted by atomic mass is 79.9. The average molecular weight is 341 g/mol. The molecule has 0 aliphatic carbocycles. The van der Waals surface area contributed by atoms with Crippen molar-refractivity contribution >= 4 is 37.8 Å². The van der Waals surface area contributed by atoms with E-state index in [2.05, 4.69) is 37.2 Å². The molecule has 0 fully saturated rings. The first kappa shape index (κ1) is 12.7. The number of carboxylic acids is 1. The van der Waals surface area contributed by atoms with Crippen LogP contribution in [-0.4, -0.2) is 17.6 Å². The summed E-state index contributed by atoms with van der Waals surface area (Å²) < 4.78 is 6.88. The van der Waals surface area contributed by atoms with E-state index >= 15 is 0 Å². The maximum absolute atomic E-state index is 10.2. The first-order valence-corrected chi connectivity index (χ1v) is 6.04. The molecule has 0 unspecified atom stereocenters. The molecule has 0 atom stereocenters. The Hall–Kier alpha value is -0.330. The van der Waals surface area contributed by atoms with Gasteiger partial charge in [-0.2, -0.15) is 0 Å². The zero-order valence-electron chi connectivity index (χ0n) is 7.93. The summed E-state index contributed by atoms with van der Waals surface area (Å²) in [5.41, 5.74) is 0. The normalized spacial score (nSPS) is 10.5. The van der Waals surface area contributed by atoms with Crippen LogP contribution >= 0.6 is 31.9 Å². The van der Waals surface area contributed by atoms with Crippen LogP contribution in [0.2, 0.25) is 0 Å². The molecule has 0 aliphatic rings. The highest BCUT2D eigenvalue weighted by Crippen LogP contribution is 2.26. The summed E-state index contributed by atoms with van der Waals surface area (Å²) in [5.74, 6) is 0.0457. The van der Waals surface area contributed by atoms with Gasteiger partial charge in [0.05, 0.1) is 11.0 Å². The fraction of sp³-hybridized carbons (Fsp3) is 0.444. The van der Waals surface area contributed by atoms with E-state index in [1.807, 2.05) is 6.07 Å². The van der Waals surface area contributed by atoms with Crippen LogP contribution in [0.15, 0.2) is 19.6 Å². The predicted octanol–water partition coefficient (Wildman–Crippen LogP) is 2.76. The van der Waals surface area contributed by atoms with E-state index in [1.165, 1.54) is 0 Å². The van der Waals surface area contributed by atoms with Crippen LogP contribution in [0.3, 0.4) is 0 Å². The Kier molecular flexibility index (Phi) is 5.35. The Morgan fingerprint density at radius 1 is 1.53 bits per heavy atom. The number of furan rings is 1. The van der Waals surface area contributed by atoms with Crippen molar-refractivity contribution in [2.45, 2.75) is 19.4 Å². The van der Waals surface area contributed by atoms with Crippen LogP contribution in [-0.2, 0) is 11.3 Å². The van der Waals surface area contributed by atoms with Crippen molar-refractivity contribution in [3.8, 4) is 0 Å². The number of rotatable bonds is 6. The van der Waals surface area contributed by atoms with E-state index in [1.54, 1.807) is 0 Å². The fourth-order valence-electron chi connectivity index (χ4n) is 1.05. The van der Waals surface area contributed by atoms with Crippen molar-refractivity contribution in [2.24, 2.45) is 0 Å². The van der Waals surface area contributed by atoms with Crippen LogP contribution in [0, 0.1) is 0 Å². The SMILES string of the molecule is O=C(O)CCCNCc1cc(Br)c(Br)o1. The molecule has 0 saturated carbocycles. The first-order chi connectivity index (χ1) is 7.09. The highest BCUT2D eigenvalue weighted by Gasteiger charge is 2.05. The van der Waals surface area contributed by atoms with Gasteiger partial charge in [0.15, 0.2) is 4.67 Å². The van der Waals surface area contributed by atoms with Gasteiger partial charge in [0.25, 0.3) is 0 Å². The van der Waals surface area contributed by atoms with Crippen molar-refractivity contribution in [3.63, 3.8) is 0 Å². The third kappa shape index (κ3) is 4.81. The van der Waals surface area contributed by atoms with Gasteiger partial charge < -0.3 is 14.8 Å². The van der Waals surface area contributed by atoms with Gasteiger partial charge >= 0.3 is 5.97 Å². The molecule has 84 valence electrons. The molecular weight excluding hydrogens is 330 g/mol. The summed E-state index contributed by atoms with van der Waals surface area (Å²) in [6.07, 6.45) is 0.816. The molecule has 1 rings (SSSR count). The quantitative estimate of drug-likeness (QED) is 0.782. The zero-order chi connectivity index (χ0) is 11.3. The minimum absolute atomic E-state index is 0.193. The number of hydrogen-bond acceptors (Lipinski definition) is 3.